The van der Waals surface area contributed by atoms with Gasteiger partial charge in [-0.2, -0.15) is 0 Å². The van der Waals surface area contributed by atoms with Crippen LogP contribution >= 0.6 is 8.69 Å². The number of carbonyl (C=O) groups is 1. The van der Waals surface area contributed by atoms with Crippen LogP contribution in [0.5, 0.6) is 0 Å². The molecule has 28 valence electrons. The van der Waals surface area contributed by atoms with Gasteiger partial charge in [-0.1, -0.05) is 0 Å². The van der Waals surface area contributed by atoms with Crippen molar-refractivity contribution in [2.75, 3.05) is 0 Å². The minimum atomic E-state index is -0.588. The Labute approximate surface area is 30.2 Å². The molecule has 0 saturated heterocycles. The van der Waals surface area contributed by atoms with E-state index in [1.165, 1.54) is 0 Å². The van der Waals surface area contributed by atoms with E-state index >= 15 is 0 Å². The molecule has 0 heterocycles. The number of carbonyl (C=O) groups excluding carboxylic acids is 1. The summed E-state index contributed by atoms with van der Waals surface area (Å²) in [6.07, 6.45) is 0. The fourth-order valence-electron chi connectivity index (χ4n) is 0.0176. The molecule has 0 aromatic carbocycles. The summed E-state index contributed by atoms with van der Waals surface area (Å²) in [6.45, 7) is 0.106. The lowest BCUT2D eigenvalue weighted by Crippen LogP contribution is -1.59. The molecular formula is CHO3P. The first-order valence-corrected chi connectivity index (χ1v) is 1.57. The van der Waals surface area contributed by atoms with Gasteiger partial charge in [0, 0.05) is 0 Å². The molecule has 0 aromatic rings. The highest BCUT2D eigenvalue weighted by Crippen LogP contribution is 1.84. The van der Waals surface area contributed by atoms with Gasteiger partial charge in [0.2, 0.25) is 0 Å². The highest BCUT2D eigenvalue weighted by Gasteiger charge is 1.62. The molecule has 0 radical (unpaired) electrons. The fourth-order valence-corrected chi connectivity index (χ4v) is 0.0527. The lowest BCUT2D eigenvalue weighted by Gasteiger charge is -1.62. The van der Waals surface area contributed by atoms with Gasteiger partial charge in [0.1, 0.15) is 0 Å². The van der Waals surface area contributed by atoms with Gasteiger partial charge < -0.3 is 4.52 Å². The molecule has 0 aliphatic rings. The standard InChI is InChI=1S/CHO3P/c2-1-4-5-3/h1H. The molecule has 0 aromatic heterocycles. The van der Waals surface area contributed by atoms with Crippen molar-refractivity contribution < 1.29 is 13.9 Å². The first-order chi connectivity index (χ1) is 2.41. The summed E-state index contributed by atoms with van der Waals surface area (Å²) in [5, 5.41) is 0. The predicted molar refractivity (Wildman–Crippen MR) is 14.8 cm³/mol. The normalized spacial score (nSPS) is 7.20. The van der Waals surface area contributed by atoms with Crippen molar-refractivity contribution in [2.45, 2.75) is 0 Å². The maximum Gasteiger partial charge on any atom is 0.398 e. The van der Waals surface area contributed by atoms with Crippen molar-refractivity contribution >= 4 is 15.2 Å². The van der Waals surface area contributed by atoms with Crippen molar-refractivity contribution in [3.63, 3.8) is 0 Å². The SMILES string of the molecule is O=COP=O. The lowest BCUT2D eigenvalue weighted by atomic mass is 11.7. The quantitative estimate of drug-likeness (QED) is 0.365. The summed E-state index contributed by atoms with van der Waals surface area (Å²) in [4.78, 5) is 8.98. The number of hydrogen-bond donors (Lipinski definition) is 0. The van der Waals surface area contributed by atoms with Crippen molar-refractivity contribution in [1.82, 2.24) is 0 Å². The Bertz CT molecular complexity index is 36.2. The van der Waals surface area contributed by atoms with E-state index in [1.54, 1.807) is 0 Å². The second kappa shape index (κ2) is 3.57. The zero-order valence-corrected chi connectivity index (χ0v) is 3.14. The minimum absolute atomic E-state index is 0.106. The van der Waals surface area contributed by atoms with E-state index in [0.29, 0.717) is 0 Å². The summed E-state index contributed by atoms with van der Waals surface area (Å²) in [5.74, 6) is 0. The van der Waals surface area contributed by atoms with E-state index in [-0.39, 0.29) is 6.47 Å². The fraction of sp³-hybridized carbons (Fsp3) is 0. The van der Waals surface area contributed by atoms with Gasteiger partial charge in [-0.3, -0.25) is 4.79 Å². The Hall–Kier alpha value is -0.430. The van der Waals surface area contributed by atoms with Crippen LogP contribution in [0.3, 0.4) is 0 Å². The van der Waals surface area contributed by atoms with Crippen LogP contribution in [0.1, 0.15) is 0 Å². The van der Waals surface area contributed by atoms with Crippen LogP contribution in [0, 0.1) is 0 Å². The van der Waals surface area contributed by atoms with E-state index < -0.39 is 8.69 Å². The van der Waals surface area contributed by atoms with Crippen LogP contribution in [0.2, 0.25) is 0 Å². The minimum Gasteiger partial charge on any atom is -0.375 e. The maximum absolute atomic E-state index is 9.05. The van der Waals surface area contributed by atoms with Crippen molar-refractivity contribution in [3.05, 3.63) is 0 Å². The summed E-state index contributed by atoms with van der Waals surface area (Å²) < 4.78 is 12.6. The number of hydrogen-bond acceptors (Lipinski definition) is 3. The van der Waals surface area contributed by atoms with E-state index in [4.69, 9.17) is 9.36 Å². The molecule has 4 heteroatoms. The third-order valence-electron chi connectivity index (χ3n) is 0.0861. The molecule has 0 atom stereocenters. The third kappa shape index (κ3) is 3.57. The summed E-state index contributed by atoms with van der Waals surface area (Å²) in [7, 11) is -0.588. The van der Waals surface area contributed by atoms with E-state index in [2.05, 4.69) is 4.52 Å². The summed E-state index contributed by atoms with van der Waals surface area (Å²) >= 11 is 0. The molecule has 0 amide bonds. The molecule has 0 aliphatic heterocycles. The van der Waals surface area contributed by atoms with Crippen LogP contribution in [-0.4, -0.2) is 6.47 Å². The van der Waals surface area contributed by atoms with Crippen molar-refractivity contribution in [2.24, 2.45) is 0 Å². The molecule has 0 saturated carbocycles. The second-order valence-electron chi connectivity index (χ2n) is 0.276. The van der Waals surface area contributed by atoms with Crippen LogP contribution in [-0.2, 0) is 13.9 Å². The van der Waals surface area contributed by atoms with Crippen LogP contribution in [0.25, 0.3) is 0 Å². The maximum atomic E-state index is 9.05. The summed E-state index contributed by atoms with van der Waals surface area (Å²) in [6, 6.07) is 0. The number of rotatable bonds is 2. The van der Waals surface area contributed by atoms with Gasteiger partial charge in [-0.15, -0.1) is 0 Å². The average Bonchev–Trinajstić information content (AvgIpc) is 1.41. The summed E-state index contributed by atoms with van der Waals surface area (Å²) in [5.41, 5.74) is 0. The van der Waals surface area contributed by atoms with E-state index in [9.17, 15) is 0 Å². The molecule has 0 N–H and O–H groups in total. The van der Waals surface area contributed by atoms with Crippen molar-refractivity contribution in [3.8, 4) is 0 Å². The molecule has 0 fully saturated rings. The molecule has 0 aliphatic carbocycles. The molecule has 0 unspecified atom stereocenters. The zero-order valence-electron chi connectivity index (χ0n) is 2.25. The topological polar surface area (TPSA) is 43.4 Å². The molecule has 0 rings (SSSR count). The van der Waals surface area contributed by atoms with Gasteiger partial charge in [0.15, 0.2) is 0 Å². The highest BCUT2D eigenvalue weighted by atomic mass is 31.1. The highest BCUT2D eigenvalue weighted by molar-refractivity contribution is 7.18. The molecule has 5 heavy (non-hydrogen) atoms. The molecular weight excluding hydrogens is 91.0 g/mol. The zero-order chi connectivity index (χ0) is 4.12. The van der Waals surface area contributed by atoms with E-state index in [1.807, 2.05) is 0 Å². The second-order valence-corrected chi connectivity index (χ2v) is 0.636. The van der Waals surface area contributed by atoms with Gasteiger partial charge in [0.05, 0.1) is 0 Å². The molecule has 3 nitrogen and oxygen atoms in total. The smallest absolute Gasteiger partial charge is 0.375 e. The third-order valence-corrected chi connectivity index (χ3v) is 0.258. The first kappa shape index (κ1) is 4.57. The van der Waals surface area contributed by atoms with Gasteiger partial charge in [-0.05, 0) is 0 Å². The first-order valence-electron chi connectivity index (χ1n) is 0.837. The lowest BCUT2D eigenvalue weighted by molar-refractivity contribution is -0.119. The largest absolute Gasteiger partial charge is 0.398 e. The Morgan fingerprint density at radius 2 is 2.40 bits per heavy atom. The van der Waals surface area contributed by atoms with Gasteiger partial charge in [-0.25, -0.2) is 4.57 Å². The van der Waals surface area contributed by atoms with Crippen molar-refractivity contribution in [1.29, 1.82) is 0 Å². The van der Waals surface area contributed by atoms with Crippen LogP contribution < -0.4 is 0 Å². The average molecular weight is 92.0 g/mol. The molecule has 0 bridgehead atoms. The Kier molecular flexibility index (Phi) is 3.26. The predicted octanol–water partition coefficient (Wildman–Crippen LogP) is 0.366. The van der Waals surface area contributed by atoms with Crippen LogP contribution in [0.4, 0.5) is 0 Å². The monoisotopic (exact) mass is 92.0 g/mol. The molecule has 0 spiro atoms. The Morgan fingerprint density at radius 3 is 2.40 bits per heavy atom. The van der Waals surface area contributed by atoms with Crippen LogP contribution in [0.15, 0.2) is 0 Å². The Balaban J connectivity index is 2.65. The van der Waals surface area contributed by atoms with E-state index in [0.717, 1.165) is 0 Å². The van der Waals surface area contributed by atoms with Gasteiger partial charge >= 0.3 is 15.2 Å². The van der Waals surface area contributed by atoms with Gasteiger partial charge in [0.25, 0.3) is 0 Å². The Morgan fingerprint density at radius 1 is 1.80 bits per heavy atom.